The Bertz CT molecular complexity index is 482. The highest BCUT2D eigenvalue weighted by Gasteiger charge is 2.28. The van der Waals surface area contributed by atoms with Crippen molar-refractivity contribution in [1.29, 1.82) is 0 Å². The Morgan fingerprint density at radius 2 is 1.62 bits per heavy atom. The third kappa shape index (κ3) is 10.6. The molecule has 148 valence electrons. The lowest BCUT2D eigenvalue weighted by molar-refractivity contribution is -0.155. The largest absolute Gasteiger partial charge is 0.460 e. The van der Waals surface area contributed by atoms with Crippen LogP contribution in [0.3, 0.4) is 0 Å². The Kier molecular flexibility index (Phi) is 11.2. The van der Waals surface area contributed by atoms with Gasteiger partial charge in [-0.2, -0.15) is 0 Å². The quantitative estimate of drug-likeness (QED) is 0.344. The third-order valence-corrected chi connectivity index (χ3v) is 4.32. The van der Waals surface area contributed by atoms with Gasteiger partial charge in [0.15, 0.2) is 0 Å². The molecule has 0 saturated carbocycles. The van der Waals surface area contributed by atoms with Gasteiger partial charge in [-0.15, -0.1) is 0 Å². The molecule has 0 bridgehead atoms. The Balaban J connectivity index is 2.05. The second kappa shape index (κ2) is 12.9. The van der Waals surface area contributed by atoms with E-state index in [0.29, 0.717) is 32.3 Å². The minimum absolute atomic E-state index is 0.138. The van der Waals surface area contributed by atoms with Gasteiger partial charge >= 0.3 is 5.97 Å². The van der Waals surface area contributed by atoms with Crippen molar-refractivity contribution >= 4 is 5.97 Å². The average molecular weight is 365 g/mol. The average Bonchev–Trinajstić information content (AvgIpc) is 2.61. The van der Waals surface area contributed by atoms with E-state index in [1.165, 1.54) is 0 Å². The van der Waals surface area contributed by atoms with E-state index in [2.05, 4.69) is 13.8 Å². The molecule has 0 saturated heterocycles. The first kappa shape index (κ1) is 22.7. The molecule has 0 atom stereocenters. The lowest BCUT2D eigenvalue weighted by atomic mass is 9.87. The molecule has 0 radical (unpaired) electrons. The Hall–Kier alpha value is -1.39. The summed E-state index contributed by atoms with van der Waals surface area (Å²) >= 11 is 0. The van der Waals surface area contributed by atoms with Crippen molar-refractivity contribution in [2.75, 3.05) is 26.4 Å². The van der Waals surface area contributed by atoms with Gasteiger partial charge in [0.1, 0.15) is 6.61 Å². The van der Waals surface area contributed by atoms with Crippen molar-refractivity contribution in [3.8, 4) is 0 Å². The molecule has 1 aromatic carbocycles. The van der Waals surface area contributed by atoms with E-state index in [0.717, 1.165) is 37.9 Å². The number of hydrogen-bond donors (Lipinski definition) is 0. The summed E-state index contributed by atoms with van der Waals surface area (Å²) in [6, 6.07) is 9.77. The normalized spacial score (nSPS) is 11.7. The van der Waals surface area contributed by atoms with Crippen LogP contribution in [-0.4, -0.2) is 32.4 Å². The molecule has 1 rings (SSSR count). The molecule has 0 aromatic heterocycles. The summed E-state index contributed by atoms with van der Waals surface area (Å²) in [6.07, 6.45) is 3.79. The molecule has 0 aliphatic rings. The first-order chi connectivity index (χ1) is 12.4. The summed E-state index contributed by atoms with van der Waals surface area (Å²) in [5.41, 5.74) is 0.551. The lowest BCUT2D eigenvalue weighted by Crippen LogP contribution is -2.26. The smallest absolute Gasteiger partial charge is 0.311 e. The van der Waals surface area contributed by atoms with E-state index in [4.69, 9.17) is 14.2 Å². The zero-order chi connectivity index (χ0) is 19.3. The molecule has 0 N–H and O–H groups in total. The zero-order valence-corrected chi connectivity index (χ0v) is 17.0. The Morgan fingerprint density at radius 3 is 2.27 bits per heavy atom. The van der Waals surface area contributed by atoms with Crippen LogP contribution in [0.15, 0.2) is 30.3 Å². The van der Waals surface area contributed by atoms with Gasteiger partial charge in [0, 0.05) is 13.2 Å². The summed E-state index contributed by atoms with van der Waals surface area (Å²) < 4.78 is 16.5. The molecule has 1 aromatic rings. The van der Waals surface area contributed by atoms with Crippen LogP contribution in [0.5, 0.6) is 0 Å². The van der Waals surface area contributed by atoms with Crippen LogP contribution in [0.1, 0.15) is 58.9 Å². The van der Waals surface area contributed by atoms with E-state index < -0.39 is 5.41 Å². The van der Waals surface area contributed by atoms with Crippen molar-refractivity contribution in [1.82, 2.24) is 0 Å². The first-order valence-corrected chi connectivity index (χ1v) is 9.78. The standard InChI is InChI=1S/C22H36O4/c1-19(2)12-15-25-17-16-24-14-9-8-13-22(3,4)21(23)26-18-20-10-6-5-7-11-20/h5-7,10-11,19H,8-9,12-18H2,1-4H3. The van der Waals surface area contributed by atoms with Gasteiger partial charge in [0.05, 0.1) is 18.6 Å². The predicted octanol–water partition coefficient (Wildman–Crippen LogP) is 5.01. The molecular formula is C22H36O4. The fourth-order valence-electron chi connectivity index (χ4n) is 2.43. The Morgan fingerprint density at radius 1 is 0.962 bits per heavy atom. The van der Waals surface area contributed by atoms with Crippen LogP contribution in [0.2, 0.25) is 0 Å². The molecule has 0 heterocycles. The maximum absolute atomic E-state index is 12.3. The van der Waals surface area contributed by atoms with E-state index in [9.17, 15) is 4.79 Å². The molecule has 0 amide bonds. The van der Waals surface area contributed by atoms with Gasteiger partial charge in [-0.1, -0.05) is 50.6 Å². The Labute approximate surface area is 159 Å². The van der Waals surface area contributed by atoms with Crippen LogP contribution in [0.4, 0.5) is 0 Å². The highest BCUT2D eigenvalue weighted by Crippen LogP contribution is 2.25. The number of benzene rings is 1. The topological polar surface area (TPSA) is 44.8 Å². The van der Waals surface area contributed by atoms with E-state index in [1.807, 2.05) is 44.2 Å². The summed E-state index contributed by atoms with van der Waals surface area (Å²) in [4.78, 5) is 12.3. The minimum atomic E-state index is -0.464. The SMILES string of the molecule is CC(C)CCOCCOCCCCC(C)(C)C(=O)OCc1ccccc1. The van der Waals surface area contributed by atoms with Gasteiger partial charge in [-0.05, 0) is 44.6 Å². The van der Waals surface area contributed by atoms with Gasteiger partial charge in [0.2, 0.25) is 0 Å². The lowest BCUT2D eigenvalue weighted by Gasteiger charge is -2.22. The van der Waals surface area contributed by atoms with Crippen molar-refractivity contribution in [3.05, 3.63) is 35.9 Å². The fourth-order valence-corrected chi connectivity index (χ4v) is 2.43. The van der Waals surface area contributed by atoms with Gasteiger partial charge in [-0.25, -0.2) is 0 Å². The van der Waals surface area contributed by atoms with Gasteiger partial charge in [0.25, 0.3) is 0 Å². The number of ether oxygens (including phenoxy) is 3. The summed E-state index contributed by atoms with van der Waals surface area (Å²) in [5.74, 6) is 0.541. The minimum Gasteiger partial charge on any atom is -0.460 e. The molecule has 0 unspecified atom stereocenters. The molecule has 4 nitrogen and oxygen atoms in total. The van der Waals surface area contributed by atoms with Gasteiger partial charge < -0.3 is 14.2 Å². The van der Waals surface area contributed by atoms with Crippen LogP contribution >= 0.6 is 0 Å². The molecule has 0 aliphatic carbocycles. The molecule has 0 spiro atoms. The van der Waals surface area contributed by atoms with E-state index >= 15 is 0 Å². The number of carbonyl (C=O) groups is 1. The van der Waals surface area contributed by atoms with E-state index in [1.54, 1.807) is 0 Å². The fraction of sp³-hybridized carbons (Fsp3) is 0.682. The summed E-state index contributed by atoms with van der Waals surface area (Å²) in [5, 5.41) is 0. The number of unbranched alkanes of at least 4 members (excludes halogenated alkanes) is 1. The van der Waals surface area contributed by atoms with Crippen LogP contribution in [-0.2, 0) is 25.6 Å². The molecular weight excluding hydrogens is 328 g/mol. The van der Waals surface area contributed by atoms with Crippen molar-refractivity contribution in [3.63, 3.8) is 0 Å². The maximum Gasteiger partial charge on any atom is 0.311 e. The monoisotopic (exact) mass is 364 g/mol. The number of hydrogen-bond acceptors (Lipinski definition) is 4. The second-order valence-electron chi connectivity index (χ2n) is 7.81. The van der Waals surface area contributed by atoms with Crippen LogP contribution in [0, 0.1) is 11.3 Å². The number of carbonyl (C=O) groups excluding carboxylic acids is 1. The summed E-state index contributed by atoms with van der Waals surface area (Å²) in [7, 11) is 0. The van der Waals surface area contributed by atoms with Crippen molar-refractivity contribution in [2.45, 2.75) is 60.0 Å². The summed E-state index contributed by atoms with van der Waals surface area (Å²) in [6.45, 7) is 11.4. The van der Waals surface area contributed by atoms with Crippen molar-refractivity contribution < 1.29 is 19.0 Å². The highest BCUT2D eigenvalue weighted by atomic mass is 16.5. The molecule has 0 aliphatic heterocycles. The third-order valence-electron chi connectivity index (χ3n) is 4.32. The zero-order valence-electron chi connectivity index (χ0n) is 17.0. The molecule has 26 heavy (non-hydrogen) atoms. The highest BCUT2D eigenvalue weighted by molar-refractivity contribution is 5.75. The maximum atomic E-state index is 12.3. The van der Waals surface area contributed by atoms with Crippen LogP contribution in [0.25, 0.3) is 0 Å². The predicted molar refractivity (Wildman–Crippen MR) is 105 cm³/mol. The van der Waals surface area contributed by atoms with Crippen molar-refractivity contribution in [2.24, 2.45) is 11.3 Å². The number of esters is 1. The first-order valence-electron chi connectivity index (χ1n) is 9.78. The van der Waals surface area contributed by atoms with E-state index in [-0.39, 0.29) is 5.97 Å². The number of rotatable bonds is 14. The van der Waals surface area contributed by atoms with Gasteiger partial charge in [-0.3, -0.25) is 4.79 Å². The van der Waals surface area contributed by atoms with Crippen LogP contribution < -0.4 is 0 Å². The molecule has 4 heteroatoms. The molecule has 0 fully saturated rings. The second-order valence-corrected chi connectivity index (χ2v) is 7.81.